The molecule has 2 rings (SSSR count). The van der Waals surface area contributed by atoms with Gasteiger partial charge in [0, 0.05) is 13.1 Å². The van der Waals surface area contributed by atoms with Crippen LogP contribution in [-0.2, 0) is 14.4 Å². The first-order valence-corrected chi connectivity index (χ1v) is 7.21. The lowest BCUT2D eigenvalue weighted by Crippen LogP contribution is -2.47. The van der Waals surface area contributed by atoms with Crippen LogP contribution < -0.4 is 5.73 Å². The van der Waals surface area contributed by atoms with Crippen molar-refractivity contribution in [1.29, 1.82) is 0 Å². The van der Waals surface area contributed by atoms with Crippen LogP contribution in [0.5, 0.6) is 0 Å². The first kappa shape index (κ1) is 14.8. The van der Waals surface area contributed by atoms with Crippen molar-refractivity contribution in [2.24, 2.45) is 29.4 Å². The molecule has 4 unspecified atom stereocenters. The van der Waals surface area contributed by atoms with Crippen molar-refractivity contribution in [3.05, 3.63) is 0 Å². The maximum atomic E-state index is 12.5. The standard InChI is InChI=1S/C14H22N2O4/c1-8-5-10(11(6-8)14(19)20)13(18)16-4-2-3-9(7-16)12(15)17/h8-11H,2-7H2,1H3,(H2,15,17)(H,19,20). The van der Waals surface area contributed by atoms with Gasteiger partial charge in [0.2, 0.25) is 11.8 Å². The molecular formula is C14H22N2O4. The number of nitrogens with two attached hydrogens (primary N) is 1. The molecule has 0 bridgehead atoms. The van der Waals surface area contributed by atoms with E-state index in [1.165, 1.54) is 0 Å². The Morgan fingerprint density at radius 2 is 1.85 bits per heavy atom. The highest BCUT2D eigenvalue weighted by Gasteiger charge is 2.43. The largest absolute Gasteiger partial charge is 0.481 e. The Kier molecular flexibility index (Phi) is 4.30. The second-order valence-corrected chi connectivity index (χ2v) is 6.15. The molecule has 2 fully saturated rings. The Morgan fingerprint density at radius 3 is 2.45 bits per heavy atom. The molecule has 0 radical (unpaired) electrons. The normalized spacial score (nSPS) is 34.0. The van der Waals surface area contributed by atoms with E-state index >= 15 is 0 Å². The van der Waals surface area contributed by atoms with E-state index in [2.05, 4.69) is 0 Å². The number of carbonyl (C=O) groups is 3. The number of amides is 2. The molecule has 6 heteroatoms. The summed E-state index contributed by atoms with van der Waals surface area (Å²) < 4.78 is 0. The molecule has 0 spiro atoms. The quantitative estimate of drug-likeness (QED) is 0.785. The number of hydrogen-bond donors (Lipinski definition) is 2. The molecule has 1 aliphatic carbocycles. The van der Waals surface area contributed by atoms with Gasteiger partial charge in [0.1, 0.15) is 0 Å². The smallest absolute Gasteiger partial charge is 0.307 e. The molecular weight excluding hydrogens is 260 g/mol. The fraction of sp³-hybridized carbons (Fsp3) is 0.786. The molecule has 0 aromatic rings. The van der Waals surface area contributed by atoms with Gasteiger partial charge < -0.3 is 15.7 Å². The van der Waals surface area contributed by atoms with Gasteiger partial charge in [0.25, 0.3) is 0 Å². The molecule has 6 nitrogen and oxygen atoms in total. The number of likely N-dealkylation sites (tertiary alicyclic amines) is 1. The summed E-state index contributed by atoms with van der Waals surface area (Å²) in [5.41, 5.74) is 5.31. The van der Waals surface area contributed by atoms with Crippen molar-refractivity contribution in [1.82, 2.24) is 4.90 Å². The summed E-state index contributed by atoms with van der Waals surface area (Å²) in [5, 5.41) is 9.24. The fourth-order valence-corrected chi connectivity index (χ4v) is 3.48. The van der Waals surface area contributed by atoms with Crippen LogP contribution in [0.2, 0.25) is 0 Å². The van der Waals surface area contributed by atoms with E-state index in [1.54, 1.807) is 4.90 Å². The number of nitrogens with zero attached hydrogens (tertiary/aromatic N) is 1. The van der Waals surface area contributed by atoms with Crippen LogP contribution in [0.4, 0.5) is 0 Å². The number of carbonyl (C=O) groups excluding carboxylic acids is 2. The lowest BCUT2D eigenvalue weighted by molar-refractivity contribution is -0.150. The second kappa shape index (κ2) is 5.81. The van der Waals surface area contributed by atoms with Gasteiger partial charge in [-0.15, -0.1) is 0 Å². The number of carboxylic acids is 1. The van der Waals surface area contributed by atoms with Crippen LogP contribution in [0.3, 0.4) is 0 Å². The van der Waals surface area contributed by atoms with Crippen molar-refractivity contribution in [2.45, 2.75) is 32.6 Å². The van der Waals surface area contributed by atoms with Crippen LogP contribution in [-0.4, -0.2) is 40.9 Å². The minimum Gasteiger partial charge on any atom is -0.481 e. The Balaban J connectivity index is 2.06. The maximum Gasteiger partial charge on any atom is 0.307 e. The SMILES string of the molecule is CC1CC(C(=O)O)C(C(=O)N2CCCC(C(N)=O)C2)C1. The summed E-state index contributed by atoms with van der Waals surface area (Å²) in [4.78, 5) is 36.7. The van der Waals surface area contributed by atoms with Gasteiger partial charge >= 0.3 is 5.97 Å². The third kappa shape index (κ3) is 2.94. The molecule has 2 aliphatic rings. The van der Waals surface area contributed by atoms with E-state index in [-0.39, 0.29) is 23.7 Å². The second-order valence-electron chi connectivity index (χ2n) is 6.15. The number of aliphatic carboxylic acids is 1. The van der Waals surface area contributed by atoms with Crippen LogP contribution in [0.15, 0.2) is 0 Å². The van der Waals surface area contributed by atoms with E-state index in [1.807, 2.05) is 6.92 Å². The van der Waals surface area contributed by atoms with Gasteiger partial charge in [0.05, 0.1) is 17.8 Å². The van der Waals surface area contributed by atoms with Gasteiger partial charge in [-0.2, -0.15) is 0 Å². The summed E-state index contributed by atoms with van der Waals surface area (Å²) >= 11 is 0. The third-order valence-corrected chi connectivity index (χ3v) is 4.57. The van der Waals surface area contributed by atoms with E-state index in [0.717, 1.165) is 6.42 Å². The average molecular weight is 282 g/mol. The van der Waals surface area contributed by atoms with Crippen molar-refractivity contribution < 1.29 is 19.5 Å². The molecule has 4 atom stereocenters. The Labute approximate surface area is 118 Å². The lowest BCUT2D eigenvalue weighted by atomic mass is 9.91. The predicted octanol–water partition coefficient (Wildman–Crippen LogP) is 0.457. The topological polar surface area (TPSA) is 101 Å². The highest BCUT2D eigenvalue weighted by molar-refractivity contribution is 5.86. The maximum absolute atomic E-state index is 12.5. The molecule has 1 heterocycles. The molecule has 2 amide bonds. The van der Waals surface area contributed by atoms with Crippen LogP contribution >= 0.6 is 0 Å². The van der Waals surface area contributed by atoms with Crippen LogP contribution in [0, 0.1) is 23.7 Å². The van der Waals surface area contributed by atoms with E-state index < -0.39 is 17.8 Å². The Hall–Kier alpha value is -1.59. The molecule has 112 valence electrons. The lowest BCUT2D eigenvalue weighted by Gasteiger charge is -2.33. The zero-order valence-corrected chi connectivity index (χ0v) is 11.7. The summed E-state index contributed by atoms with van der Waals surface area (Å²) in [6.07, 6.45) is 2.63. The number of carboxylic acid groups (broad SMARTS) is 1. The van der Waals surface area contributed by atoms with Crippen molar-refractivity contribution >= 4 is 17.8 Å². The van der Waals surface area contributed by atoms with Gasteiger partial charge in [-0.3, -0.25) is 14.4 Å². The molecule has 1 saturated carbocycles. The molecule has 1 aliphatic heterocycles. The highest BCUT2D eigenvalue weighted by atomic mass is 16.4. The zero-order valence-electron chi connectivity index (χ0n) is 11.7. The van der Waals surface area contributed by atoms with Gasteiger partial charge in [-0.05, 0) is 31.6 Å². The number of hydrogen-bond acceptors (Lipinski definition) is 3. The predicted molar refractivity (Wildman–Crippen MR) is 71.5 cm³/mol. The van der Waals surface area contributed by atoms with Gasteiger partial charge in [0.15, 0.2) is 0 Å². The summed E-state index contributed by atoms with van der Waals surface area (Å²) in [7, 11) is 0. The summed E-state index contributed by atoms with van der Waals surface area (Å²) in [5.74, 6) is -2.47. The van der Waals surface area contributed by atoms with E-state index in [9.17, 15) is 19.5 Å². The van der Waals surface area contributed by atoms with Gasteiger partial charge in [-0.25, -0.2) is 0 Å². The molecule has 0 aromatic carbocycles. The number of rotatable bonds is 3. The molecule has 20 heavy (non-hydrogen) atoms. The summed E-state index contributed by atoms with van der Waals surface area (Å²) in [6.45, 7) is 2.91. The zero-order chi connectivity index (χ0) is 14.9. The van der Waals surface area contributed by atoms with Crippen molar-refractivity contribution in [3.63, 3.8) is 0 Å². The van der Waals surface area contributed by atoms with Crippen LogP contribution in [0.25, 0.3) is 0 Å². The number of piperidine rings is 1. The van der Waals surface area contributed by atoms with Crippen molar-refractivity contribution in [3.8, 4) is 0 Å². The molecule has 3 N–H and O–H groups in total. The third-order valence-electron chi connectivity index (χ3n) is 4.57. The minimum absolute atomic E-state index is 0.118. The monoisotopic (exact) mass is 282 g/mol. The summed E-state index contributed by atoms with van der Waals surface area (Å²) in [6, 6.07) is 0. The fourth-order valence-electron chi connectivity index (χ4n) is 3.48. The van der Waals surface area contributed by atoms with E-state index in [4.69, 9.17) is 5.73 Å². The highest BCUT2D eigenvalue weighted by Crippen LogP contribution is 2.38. The average Bonchev–Trinajstić information content (AvgIpc) is 2.80. The molecule has 1 saturated heterocycles. The molecule has 0 aromatic heterocycles. The Bertz CT molecular complexity index is 423. The van der Waals surface area contributed by atoms with E-state index in [0.29, 0.717) is 32.4 Å². The van der Waals surface area contributed by atoms with Gasteiger partial charge in [-0.1, -0.05) is 6.92 Å². The number of primary amides is 1. The van der Waals surface area contributed by atoms with Crippen LogP contribution in [0.1, 0.15) is 32.6 Å². The Morgan fingerprint density at radius 1 is 1.20 bits per heavy atom. The van der Waals surface area contributed by atoms with Crippen molar-refractivity contribution in [2.75, 3.05) is 13.1 Å². The minimum atomic E-state index is -0.892. The first-order valence-electron chi connectivity index (χ1n) is 7.21. The first-order chi connectivity index (χ1) is 9.40.